The normalized spacial score (nSPS) is 17.5. The summed E-state index contributed by atoms with van der Waals surface area (Å²) in [6.45, 7) is 6.23. The van der Waals surface area contributed by atoms with Crippen molar-refractivity contribution in [1.29, 1.82) is 0 Å². The summed E-state index contributed by atoms with van der Waals surface area (Å²) in [7, 11) is 1.62. The number of oxazole rings is 1. The summed E-state index contributed by atoms with van der Waals surface area (Å²) in [6, 6.07) is 5.06. The van der Waals surface area contributed by atoms with Gasteiger partial charge < -0.3 is 19.4 Å². The van der Waals surface area contributed by atoms with Crippen molar-refractivity contribution in [2.24, 2.45) is 13.0 Å². The number of nitrogens with one attached hydrogen (secondary N) is 1. The van der Waals surface area contributed by atoms with Crippen LogP contribution in [0.5, 0.6) is 0 Å². The first-order valence-electron chi connectivity index (χ1n) is 8.52. The van der Waals surface area contributed by atoms with E-state index in [9.17, 15) is 14.4 Å². The number of benzene rings is 1. The van der Waals surface area contributed by atoms with Gasteiger partial charge >= 0.3 is 11.8 Å². The highest BCUT2D eigenvalue weighted by Gasteiger charge is 2.33. The predicted octanol–water partition coefficient (Wildman–Crippen LogP) is 2.33. The van der Waals surface area contributed by atoms with Crippen molar-refractivity contribution in [2.45, 2.75) is 32.8 Å². The summed E-state index contributed by atoms with van der Waals surface area (Å²) in [5.41, 5.74) is 1.06. The van der Waals surface area contributed by atoms with E-state index >= 15 is 0 Å². The van der Waals surface area contributed by atoms with Crippen LogP contribution in [0.3, 0.4) is 0 Å². The molecule has 1 aromatic carbocycles. The Kier molecular flexibility index (Phi) is 4.52. The number of aromatic nitrogens is 1. The number of hydrogen-bond donors (Lipinski definition) is 1. The Hall–Kier alpha value is -2.77. The molecular weight excluding hydrogens is 338 g/mol. The molecule has 0 spiro atoms. The Morgan fingerprint density at radius 1 is 1.31 bits per heavy atom. The summed E-state index contributed by atoms with van der Waals surface area (Å²) < 4.78 is 11.9. The van der Waals surface area contributed by atoms with E-state index in [1.807, 2.05) is 20.8 Å². The van der Waals surface area contributed by atoms with Gasteiger partial charge in [-0.1, -0.05) is 0 Å². The van der Waals surface area contributed by atoms with Gasteiger partial charge in [-0.25, -0.2) is 9.59 Å². The first-order valence-corrected chi connectivity index (χ1v) is 8.52. The van der Waals surface area contributed by atoms with E-state index < -0.39 is 17.5 Å². The average Bonchev–Trinajstić information content (AvgIpc) is 3.12. The number of nitrogens with zero attached hydrogens (tertiary/aromatic N) is 2. The molecular formula is C18H23N3O5. The van der Waals surface area contributed by atoms with Gasteiger partial charge in [0.2, 0.25) is 5.91 Å². The SMILES string of the molecule is Cn1c(=O)oc2cc(NC(=O)C3CCN(C(=O)OC(C)(C)C)C3)ccc21. The lowest BCUT2D eigenvalue weighted by molar-refractivity contribution is -0.119. The number of carbonyl (C=O) groups excluding carboxylic acids is 2. The number of carbonyl (C=O) groups is 2. The van der Waals surface area contributed by atoms with Gasteiger partial charge in [-0.2, -0.15) is 0 Å². The molecule has 2 heterocycles. The Labute approximate surface area is 150 Å². The highest BCUT2D eigenvalue weighted by Crippen LogP contribution is 2.23. The third-order valence-corrected chi connectivity index (χ3v) is 4.27. The number of likely N-dealkylation sites (tertiary alicyclic amines) is 1. The van der Waals surface area contributed by atoms with Crippen LogP contribution in [0.15, 0.2) is 27.4 Å². The van der Waals surface area contributed by atoms with Crippen LogP contribution >= 0.6 is 0 Å². The molecule has 1 aliphatic heterocycles. The zero-order chi connectivity index (χ0) is 19.1. The van der Waals surface area contributed by atoms with Crippen molar-refractivity contribution in [3.63, 3.8) is 0 Å². The molecule has 0 bridgehead atoms. The predicted molar refractivity (Wildman–Crippen MR) is 96.0 cm³/mol. The summed E-state index contributed by atoms with van der Waals surface area (Å²) in [5.74, 6) is -0.929. The number of anilines is 1. The molecule has 140 valence electrons. The number of hydrogen-bond acceptors (Lipinski definition) is 5. The summed E-state index contributed by atoms with van der Waals surface area (Å²) in [5, 5.41) is 2.82. The van der Waals surface area contributed by atoms with Gasteiger partial charge in [0, 0.05) is 31.9 Å². The molecule has 1 aromatic heterocycles. The average molecular weight is 361 g/mol. The van der Waals surface area contributed by atoms with E-state index in [-0.39, 0.29) is 11.8 Å². The molecule has 0 aliphatic carbocycles. The zero-order valence-electron chi connectivity index (χ0n) is 15.4. The van der Waals surface area contributed by atoms with Gasteiger partial charge in [-0.15, -0.1) is 0 Å². The lowest BCUT2D eigenvalue weighted by atomic mass is 10.1. The van der Waals surface area contributed by atoms with Gasteiger partial charge in [0.15, 0.2) is 5.58 Å². The minimum Gasteiger partial charge on any atom is -0.444 e. The highest BCUT2D eigenvalue weighted by atomic mass is 16.6. The molecule has 1 fully saturated rings. The Balaban J connectivity index is 1.64. The molecule has 26 heavy (non-hydrogen) atoms. The van der Waals surface area contributed by atoms with Gasteiger partial charge in [-0.3, -0.25) is 9.36 Å². The fourth-order valence-electron chi connectivity index (χ4n) is 2.92. The Morgan fingerprint density at radius 3 is 2.73 bits per heavy atom. The van der Waals surface area contributed by atoms with Crippen LogP contribution in [-0.4, -0.2) is 40.2 Å². The third-order valence-electron chi connectivity index (χ3n) is 4.27. The monoisotopic (exact) mass is 361 g/mol. The minimum atomic E-state index is -0.563. The first kappa shape index (κ1) is 18.0. The number of fused-ring (bicyclic) bond motifs is 1. The molecule has 0 radical (unpaired) electrons. The van der Waals surface area contributed by atoms with Crippen molar-refractivity contribution in [2.75, 3.05) is 18.4 Å². The standard InChI is InChI=1S/C18H23N3O5/c1-18(2,3)26-17(24)21-8-7-11(10-21)15(22)19-12-5-6-13-14(9-12)25-16(23)20(13)4/h5-6,9,11H,7-8,10H2,1-4H3,(H,19,22). The molecule has 8 heteroatoms. The molecule has 1 saturated heterocycles. The maximum atomic E-state index is 12.5. The maximum absolute atomic E-state index is 12.5. The topological polar surface area (TPSA) is 93.8 Å². The first-order chi connectivity index (χ1) is 12.1. The minimum absolute atomic E-state index is 0.173. The number of aryl methyl sites for hydroxylation is 1. The second-order valence-corrected chi connectivity index (χ2v) is 7.51. The van der Waals surface area contributed by atoms with Gasteiger partial charge in [-0.05, 0) is 39.3 Å². The van der Waals surface area contributed by atoms with Crippen LogP contribution < -0.4 is 11.1 Å². The third kappa shape index (κ3) is 3.74. The second kappa shape index (κ2) is 6.51. The smallest absolute Gasteiger partial charge is 0.419 e. The lowest BCUT2D eigenvalue weighted by Gasteiger charge is -2.24. The summed E-state index contributed by atoms with van der Waals surface area (Å²) in [6.07, 6.45) is 0.175. The van der Waals surface area contributed by atoms with Crippen molar-refractivity contribution >= 4 is 28.8 Å². The fourth-order valence-corrected chi connectivity index (χ4v) is 2.92. The molecule has 3 rings (SSSR count). The van der Waals surface area contributed by atoms with Gasteiger partial charge in [0.1, 0.15) is 5.60 Å². The second-order valence-electron chi connectivity index (χ2n) is 7.51. The van der Waals surface area contributed by atoms with E-state index in [1.165, 1.54) is 4.57 Å². The highest BCUT2D eigenvalue weighted by molar-refractivity contribution is 5.94. The summed E-state index contributed by atoms with van der Waals surface area (Å²) >= 11 is 0. The largest absolute Gasteiger partial charge is 0.444 e. The summed E-state index contributed by atoms with van der Waals surface area (Å²) in [4.78, 5) is 37.7. The van der Waals surface area contributed by atoms with Crippen LogP contribution in [0.1, 0.15) is 27.2 Å². The van der Waals surface area contributed by atoms with Crippen molar-refractivity contribution in [1.82, 2.24) is 9.47 Å². The van der Waals surface area contributed by atoms with Crippen molar-refractivity contribution in [3.05, 3.63) is 28.7 Å². The fraction of sp³-hybridized carbons (Fsp3) is 0.500. The molecule has 8 nitrogen and oxygen atoms in total. The van der Waals surface area contributed by atoms with Crippen molar-refractivity contribution in [3.8, 4) is 0 Å². The number of rotatable bonds is 2. The maximum Gasteiger partial charge on any atom is 0.419 e. The van der Waals surface area contributed by atoms with Gasteiger partial charge in [0.05, 0.1) is 11.4 Å². The molecule has 1 unspecified atom stereocenters. The zero-order valence-corrected chi connectivity index (χ0v) is 15.4. The van der Waals surface area contributed by atoms with Crippen LogP contribution in [0, 0.1) is 5.92 Å². The molecule has 1 aliphatic rings. The number of amides is 2. The Morgan fingerprint density at radius 2 is 2.04 bits per heavy atom. The van der Waals surface area contributed by atoms with E-state index in [4.69, 9.17) is 9.15 Å². The molecule has 2 aromatic rings. The molecule has 1 atom stereocenters. The van der Waals surface area contributed by atoms with Crippen LogP contribution in [0.2, 0.25) is 0 Å². The quantitative estimate of drug-likeness (QED) is 0.886. The van der Waals surface area contributed by atoms with Crippen LogP contribution in [0.4, 0.5) is 10.5 Å². The van der Waals surface area contributed by atoms with Crippen LogP contribution in [-0.2, 0) is 16.6 Å². The molecule has 0 saturated carbocycles. The van der Waals surface area contributed by atoms with Gasteiger partial charge in [0.25, 0.3) is 0 Å². The van der Waals surface area contributed by atoms with Crippen molar-refractivity contribution < 1.29 is 18.7 Å². The van der Waals surface area contributed by atoms with E-state index in [1.54, 1.807) is 30.1 Å². The number of ether oxygens (including phenoxy) is 1. The molecule has 1 N–H and O–H groups in total. The lowest BCUT2D eigenvalue weighted by Crippen LogP contribution is -2.36. The van der Waals surface area contributed by atoms with Crippen LogP contribution in [0.25, 0.3) is 11.1 Å². The molecule has 2 amide bonds. The van der Waals surface area contributed by atoms with E-state index in [0.717, 1.165) is 0 Å². The van der Waals surface area contributed by atoms with E-state index in [0.29, 0.717) is 36.3 Å². The Bertz CT molecular complexity index is 906. The van der Waals surface area contributed by atoms with E-state index in [2.05, 4.69) is 5.32 Å².